The fourth-order valence-corrected chi connectivity index (χ4v) is 3.40. The number of urea groups is 1. The number of anilines is 2. The normalized spacial score (nSPS) is 10.5. The largest absolute Gasteiger partial charge is 0.497 e. The summed E-state index contributed by atoms with van der Waals surface area (Å²) in [5.74, 6) is -0.341. The molecular weight excluding hydrogens is 388 g/mol. The molecule has 2 N–H and O–H groups in total. The highest BCUT2D eigenvalue weighted by atomic mass is 32.1. The molecule has 0 atom stereocenters. The predicted molar refractivity (Wildman–Crippen MR) is 104 cm³/mol. The molecule has 10 heteroatoms. The zero-order chi connectivity index (χ0) is 20.4. The van der Waals surface area contributed by atoms with Crippen molar-refractivity contribution in [1.29, 1.82) is 0 Å². The summed E-state index contributed by atoms with van der Waals surface area (Å²) in [4.78, 5) is 36.7. The number of carbonyl (C=O) groups is 2. The van der Waals surface area contributed by atoms with Gasteiger partial charge in [-0.15, -0.1) is 11.3 Å². The van der Waals surface area contributed by atoms with Crippen molar-refractivity contribution in [3.8, 4) is 11.5 Å². The summed E-state index contributed by atoms with van der Waals surface area (Å²) in [6.07, 6.45) is 0. The zero-order valence-electron chi connectivity index (χ0n) is 15.1. The molecule has 9 nitrogen and oxygen atoms in total. The van der Waals surface area contributed by atoms with Crippen molar-refractivity contribution >= 4 is 44.3 Å². The Labute approximate surface area is 162 Å². The van der Waals surface area contributed by atoms with Crippen LogP contribution in [0.4, 0.5) is 15.5 Å². The molecule has 0 aliphatic rings. The third-order valence-electron chi connectivity index (χ3n) is 3.94. The minimum atomic E-state index is -1.38. The molecule has 1 aromatic carbocycles. The lowest BCUT2D eigenvalue weighted by atomic mass is 10.2. The second-order valence-electron chi connectivity index (χ2n) is 5.62. The van der Waals surface area contributed by atoms with Gasteiger partial charge in [-0.2, -0.15) is 0 Å². The number of carboxylic acid groups (broad SMARTS) is 1. The maximum absolute atomic E-state index is 12.6. The van der Waals surface area contributed by atoms with E-state index >= 15 is 0 Å². The van der Waals surface area contributed by atoms with E-state index in [1.165, 1.54) is 31.3 Å². The Hall–Kier alpha value is -3.53. The lowest BCUT2D eigenvalue weighted by Gasteiger charge is -2.20. The maximum atomic E-state index is 12.6. The summed E-state index contributed by atoms with van der Waals surface area (Å²) in [5.41, 5.74) is -0.739. The quantitative estimate of drug-likeness (QED) is 0.670. The average molecular weight is 404 g/mol. The number of hydrogen-bond acceptors (Lipinski definition) is 7. The van der Waals surface area contributed by atoms with Crippen molar-refractivity contribution in [3.63, 3.8) is 0 Å². The van der Waals surface area contributed by atoms with Gasteiger partial charge in [-0.3, -0.25) is 10.2 Å². The molecule has 0 radical (unpaired) electrons. The number of carbonyl (C=O) groups excluding carboxylic acids is 1. The summed E-state index contributed by atoms with van der Waals surface area (Å²) in [5, 5.41) is 12.1. The van der Waals surface area contributed by atoms with Crippen LogP contribution in [0.1, 0.15) is 10.4 Å². The smallest absolute Gasteiger partial charge is 0.351 e. The number of fused-ring (bicyclic) bond motifs is 1. The Kier molecular flexibility index (Phi) is 5.23. The molecule has 2 aromatic heterocycles. The fraction of sp³-hybridized carbons (Fsp3) is 0.167. The molecule has 0 spiro atoms. The first-order valence-electron chi connectivity index (χ1n) is 7.91. The minimum Gasteiger partial charge on any atom is -0.497 e. The summed E-state index contributed by atoms with van der Waals surface area (Å²) < 4.78 is 15.9. The van der Waals surface area contributed by atoms with Crippen molar-refractivity contribution in [2.45, 2.75) is 0 Å². The first-order chi connectivity index (χ1) is 13.3. The molecular formula is C18H16N2O7S. The molecule has 0 saturated carbocycles. The van der Waals surface area contributed by atoms with E-state index in [1.54, 1.807) is 25.2 Å². The molecule has 0 fully saturated rings. The van der Waals surface area contributed by atoms with E-state index in [9.17, 15) is 14.4 Å². The van der Waals surface area contributed by atoms with Gasteiger partial charge in [0, 0.05) is 19.2 Å². The van der Waals surface area contributed by atoms with Crippen LogP contribution in [-0.4, -0.2) is 38.4 Å². The molecule has 2 heterocycles. The van der Waals surface area contributed by atoms with Gasteiger partial charge < -0.3 is 19.0 Å². The van der Waals surface area contributed by atoms with Crippen molar-refractivity contribution in [2.75, 3.05) is 31.5 Å². The number of thiophene rings is 1. The number of nitrogens with zero attached hydrogens (tertiary/aromatic N) is 1. The number of rotatable bonds is 5. The molecule has 0 saturated heterocycles. The monoisotopic (exact) mass is 404 g/mol. The highest BCUT2D eigenvalue weighted by Gasteiger charge is 2.19. The number of hydrogen-bond donors (Lipinski definition) is 2. The van der Waals surface area contributed by atoms with Crippen LogP contribution in [0, 0.1) is 0 Å². The molecule has 0 aliphatic heterocycles. The van der Waals surface area contributed by atoms with Crippen LogP contribution in [0.15, 0.2) is 39.5 Å². The first-order valence-corrected chi connectivity index (χ1v) is 8.73. The Balaban J connectivity index is 1.88. The predicted octanol–water partition coefficient (Wildman–Crippen LogP) is 3.24. The van der Waals surface area contributed by atoms with E-state index in [-0.39, 0.29) is 5.58 Å². The van der Waals surface area contributed by atoms with Gasteiger partial charge in [0.2, 0.25) is 0 Å². The molecule has 3 rings (SSSR count). The maximum Gasteiger partial charge on any atom is 0.351 e. The Morgan fingerprint density at radius 3 is 2.57 bits per heavy atom. The van der Waals surface area contributed by atoms with Gasteiger partial charge >= 0.3 is 17.6 Å². The summed E-state index contributed by atoms with van der Waals surface area (Å²) in [6, 6.07) is 7.25. The van der Waals surface area contributed by atoms with Crippen LogP contribution in [0.5, 0.6) is 11.5 Å². The molecule has 0 unspecified atom stereocenters. The number of ether oxygens (including phenoxy) is 2. The van der Waals surface area contributed by atoms with Crippen molar-refractivity contribution < 1.29 is 28.6 Å². The van der Waals surface area contributed by atoms with E-state index in [2.05, 4.69) is 5.32 Å². The van der Waals surface area contributed by atoms with Gasteiger partial charge in [-0.25, -0.2) is 14.4 Å². The molecule has 146 valence electrons. The number of nitrogens with one attached hydrogen (secondary N) is 1. The first kappa shape index (κ1) is 19.2. The lowest BCUT2D eigenvalue weighted by Crippen LogP contribution is -2.31. The van der Waals surface area contributed by atoms with Crippen molar-refractivity contribution in [1.82, 2.24) is 0 Å². The Morgan fingerprint density at radius 1 is 1.18 bits per heavy atom. The van der Waals surface area contributed by atoms with E-state index < -0.39 is 23.2 Å². The topological polar surface area (TPSA) is 118 Å². The van der Waals surface area contributed by atoms with E-state index in [4.69, 9.17) is 19.0 Å². The molecule has 0 bridgehead atoms. The van der Waals surface area contributed by atoms with Gasteiger partial charge in [0.15, 0.2) is 5.58 Å². The van der Waals surface area contributed by atoms with E-state index in [0.717, 1.165) is 11.3 Å². The minimum absolute atomic E-state index is 0.192. The summed E-state index contributed by atoms with van der Waals surface area (Å²) in [6.45, 7) is 0. The fourth-order valence-electron chi connectivity index (χ4n) is 2.48. The summed E-state index contributed by atoms with van der Waals surface area (Å²) >= 11 is 1.09. The molecule has 2 amide bonds. The second-order valence-corrected chi connectivity index (χ2v) is 6.70. The third kappa shape index (κ3) is 3.62. The van der Waals surface area contributed by atoms with Crippen LogP contribution in [0.25, 0.3) is 10.3 Å². The summed E-state index contributed by atoms with van der Waals surface area (Å²) in [7, 11) is 4.57. The number of methoxy groups -OCH3 is 2. The van der Waals surface area contributed by atoms with Crippen LogP contribution in [0.3, 0.4) is 0 Å². The highest BCUT2D eigenvalue weighted by molar-refractivity contribution is 7.22. The van der Waals surface area contributed by atoms with Crippen LogP contribution in [-0.2, 0) is 0 Å². The number of benzene rings is 1. The second kappa shape index (κ2) is 7.61. The Bertz CT molecular complexity index is 1120. The standard InChI is InChI=1S/C18H16N2O7S/c1-20(11-6-9(25-2)4-5-12(11)26-3)18(24)19-15-8-13-14(28-15)7-10(16(21)22)17(23)27-13/h4-8H,1-3H3,(H,19,24)(H,21,22). The van der Waals surface area contributed by atoms with Crippen LogP contribution < -0.4 is 25.3 Å². The van der Waals surface area contributed by atoms with E-state index in [1.807, 2.05) is 0 Å². The lowest BCUT2D eigenvalue weighted by molar-refractivity contribution is 0.0692. The molecule has 3 aromatic rings. The number of amides is 2. The highest BCUT2D eigenvalue weighted by Crippen LogP contribution is 2.33. The van der Waals surface area contributed by atoms with Crippen molar-refractivity contribution in [3.05, 3.63) is 46.3 Å². The SMILES string of the molecule is COc1ccc(OC)c(N(C)C(=O)Nc2cc3oc(=O)c(C(=O)O)cc3s2)c1. The zero-order valence-corrected chi connectivity index (χ0v) is 16.0. The van der Waals surface area contributed by atoms with Crippen molar-refractivity contribution in [2.24, 2.45) is 0 Å². The van der Waals surface area contributed by atoms with Gasteiger partial charge in [0.1, 0.15) is 22.1 Å². The van der Waals surface area contributed by atoms with Crippen LogP contribution >= 0.6 is 11.3 Å². The number of aromatic carboxylic acids is 1. The average Bonchev–Trinajstić information content (AvgIpc) is 3.06. The molecule has 28 heavy (non-hydrogen) atoms. The van der Waals surface area contributed by atoms with Gasteiger partial charge in [0.25, 0.3) is 0 Å². The van der Waals surface area contributed by atoms with Gasteiger partial charge in [-0.1, -0.05) is 0 Å². The van der Waals surface area contributed by atoms with Crippen LogP contribution in [0.2, 0.25) is 0 Å². The Morgan fingerprint density at radius 2 is 1.93 bits per heavy atom. The molecule has 0 aliphatic carbocycles. The number of carboxylic acids is 1. The van der Waals surface area contributed by atoms with Gasteiger partial charge in [0.05, 0.1) is 24.6 Å². The van der Waals surface area contributed by atoms with Gasteiger partial charge in [-0.05, 0) is 18.2 Å². The van der Waals surface area contributed by atoms with E-state index in [0.29, 0.717) is 26.9 Å². The third-order valence-corrected chi connectivity index (χ3v) is 4.91.